The van der Waals surface area contributed by atoms with E-state index in [0.29, 0.717) is 13.0 Å². The van der Waals surface area contributed by atoms with E-state index >= 15 is 0 Å². The van der Waals surface area contributed by atoms with E-state index in [1.54, 1.807) is 0 Å². The smallest absolute Gasteiger partial charge is 0.222 e. The highest BCUT2D eigenvalue weighted by molar-refractivity contribution is 5.77. The Morgan fingerprint density at radius 3 is 2.62 bits per heavy atom. The molecule has 0 unspecified atom stereocenters. The van der Waals surface area contributed by atoms with Crippen LogP contribution in [0, 0.1) is 0 Å². The van der Waals surface area contributed by atoms with Crippen LogP contribution in [0.3, 0.4) is 0 Å². The highest BCUT2D eigenvalue weighted by atomic mass is 16.5. The molecule has 2 heterocycles. The molecule has 1 saturated heterocycles. The molecule has 0 aliphatic carbocycles. The molecule has 4 rings (SSSR count). The van der Waals surface area contributed by atoms with Gasteiger partial charge in [-0.3, -0.25) is 4.79 Å². The van der Waals surface area contributed by atoms with Crippen molar-refractivity contribution in [3.05, 3.63) is 60.2 Å². The van der Waals surface area contributed by atoms with E-state index in [1.165, 1.54) is 31.5 Å². The van der Waals surface area contributed by atoms with Crippen molar-refractivity contribution in [3.63, 3.8) is 0 Å². The van der Waals surface area contributed by atoms with Crippen molar-refractivity contribution in [2.45, 2.75) is 38.3 Å². The number of benzene rings is 2. The lowest BCUT2D eigenvalue weighted by Crippen LogP contribution is -2.45. The number of amides is 1. The average molecular weight is 394 g/mol. The summed E-state index contributed by atoms with van der Waals surface area (Å²) in [5, 5.41) is 3.11. The first-order chi connectivity index (χ1) is 14.3. The number of hydrogen-bond acceptors (Lipinski definition) is 4. The highest BCUT2D eigenvalue weighted by Crippen LogP contribution is 2.35. The topological polar surface area (TPSA) is 44.8 Å². The predicted octanol–water partition coefficient (Wildman–Crippen LogP) is 3.45. The Morgan fingerprint density at radius 1 is 1.03 bits per heavy atom. The fourth-order valence-corrected chi connectivity index (χ4v) is 4.28. The lowest BCUT2D eigenvalue weighted by molar-refractivity contribution is -0.121. The molecule has 0 saturated carbocycles. The third kappa shape index (κ3) is 5.30. The number of hydrogen-bond donors (Lipinski definition) is 1. The lowest BCUT2D eigenvalue weighted by Gasteiger charge is -2.38. The van der Waals surface area contributed by atoms with Gasteiger partial charge < -0.3 is 19.9 Å². The number of para-hydroxylation sites is 2. The second-order valence-electron chi connectivity index (χ2n) is 8.00. The van der Waals surface area contributed by atoms with E-state index in [0.717, 1.165) is 37.5 Å². The number of ether oxygens (including phenoxy) is 1. The van der Waals surface area contributed by atoms with Crippen molar-refractivity contribution in [2.24, 2.45) is 0 Å². The van der Waals surface area contributed by atoms with Gasteiger partial charge in [0.15, 0.2) is 0 Å². The predicted molar refractivity (Wildman–Crippen MR) is 116 cm³/mol. The summed E-state index contributed by atoms with van der Waals surface area (Å²) in [5.41, 5.74) is 2.30. The van der Waals surface area contributed by atoms with Gasteiger partial charge in [0.1, 0.15) is 12.4 Å². The standard InChI is InChI=1S/C24H31N3O2/c28-24(25-13-8-16-26-14-6-7-15-26)17-21-19-29-23-12-5-4-11-22(23)27(21)18-20-9-2-1-3-10-20/h1-5,9-12,21H,6-8,13-19H2,(H,25,28)/t21-/m1/s1. The summed E-state index contributed by atoms with van der Waals surface area (Å²) in [4.78, 5) is 17.4. The zero-order valence-corrected chi connectivity index (χ0v) is 17.1. The van der Waals surface area contributed by atoms with Crippen LogP contribution < -0.4 is 15.0 Å². The Kier molecular flexibility index (Phi) is 6.67. The molecule has 29 heavy (non-hydrogen) atoms. The molecule has 0 aromatic heterocycles. The largest absolute Gasteiger partial charge is 0.489 e. The number of likely N-dealkylation sites (tertiary alicyclic amines) is 1. The third-order valence-electron chi connectivity index (χ3n) is 5.84. The second-order valence-corrected chi connectivity index (χ2v) is 8.00. The molecule has 5 heteroatoms. The number of nitrogens with one attached hydrogen (secondary N) is 1. The number of carbonyl (C=O) groups excluding carboxylic acids is 1. The van der Waals surface area contributed by atoms with Gasteiger partial charge in [0.05, 0.1) is 18.2 Å². The van der Waals surface area contributed by atoms with E-state index in [1.807, 2.05) is 24.3 Å². The van der Waals surface area contributed by atoms with Gasteiger partial charge in [0.25, 0.3) is 0 Å². The van der Waals surface area contributed by atoms with Gasteiger partial charge in [-0.2, -0.15) is 0 Å². The Bertz CT molecular complexity index is 790. The molecule has 2 aromatic carbocycles. The molecule has 0 bridgehead atoms. The average Bonchev–Trinajstić information content (AvgIpc) is 3.27. The molecule has 0 radical (unpaired) electrons. The molecule has 1 atom stereocenters. The molecule has 2 aromatic rings. The summed E-state index contributed by atoms with van der Waals surface area (Å²) in [6, 6.07) is 18.6. The van der Waals surface area contributed by atoms with Crippen LogP contribution in [-0.2, 0) is 11.3 Å². The summed E-state index contributed by atoms with van der Waals surface area (Å²) < 4.78 is 5.97. The van der Waals surface area contributed by atoms with Crippen molar-refractivity contribution < 1.29 is 9.53 Å². The zero-order chi connectivity index (χ0) is 19.9. The van der Waals surface area contributed by atoms with Crippen LogP contribution in [0.15, 0.2) is 54.6 Å². The Balaban J connectivity index is 1.35. The Labute approximate surface area is 173 Å². The summed E-state index contributed by atoms with van der Waals surface area (Å²) >= 11 is 0. The minimum atomic E-state index is 0.0312. The van der Waals surface area contributed by atoms with Gasteiger partial charge in [-0.15, -0.1) is 0 Å². The molecule has 2 aliphatic rings. The molecule has 5 nitrogen and oxygen atoms in total. The molecule has 1 fully saturated rings. The SMILES string of the molecule is O=C(C[C@@H]1COc2ccccc2N1Cc1ccccc1)NCCCN1CCCC1. The van der Waals surface area contributed by atoms with Crippen molar-refractivity contribution in [3.8, 4) is 5.75 Å². The van der Waals surface area contributed by atoms with Crippen molar-refractivity contribution in [1.29, 1.82) is 0 Å². The van der Waals surface area contributed by atoms with Crippen LogP contribution in [0.2, 0.25) is 0 Å². The van der Waals surface area contributed by atoms with E-state index in [9.17, 15) is 4.79 Å². The van der Waals surface area contributed by atoms with E-state index in [-0.39, 0.29) is 11.9 Å². The zero-order valence-electron chi connectivity index (χ0n) is 17.1. The molecular formula is C24H31N3O2. The number of nitrogens with zero attached hydrogens (tertiary/aromatic N) is 2. The quantitative estimate of drug-likeness (QED) is 0.698. The molecule has 1 amide bonds. The monoisotopic (exact) mass is 393 g/mol. The van der Waals surface area contributed by atoms with Crippen LogP contribution in [-0.4, -0.2) is 49.6 Å². The maximum absolute atomic E-state index is 12.6. The molecular weight excluding hydrogens is 362 g/mol. The first-order valence-electron chi connectivity index (χ1n) is 10.8. The van der Waals surface area contributed by atoms with Crippen LogP contribution in [0.4, 0.5) is 5.69 Å². The fourth-order valence-electron chi connectivity index (χ4n) is 4.28. The van der Waals surface area contributed by atoms with E-state index in [4.69, 9.17) is 4.74 Å². The number of fused-ring (bicyclic) bond motifs is 1. The van der Waals surface area contributed by atoms with Crippen molar-refractivity contribution in [2.75, 3.05) is 37.7 Å². The first-order valence-corrected chi connectivity index (χ1v) is 10.8. The van der Waals surface area contributed by atoms with Crippen LogP contribution in [0.5, 0.6) is 5.75 Å². The Hall–Kier alpha value is -2.53. The van der Waals surface area contributed by atoms with Gasteiger partial charge >= 0.3 is 0 Å². The van der Waals surface area contributed by atoms with Gasteiger partial charge in [0.2, 0.25) is 5.91 Å². The highest BCUT2D eigenvalue weighted by Gasteiger charge is 2.29. The summed E-state index contributed by atoms with van der Waals surface area (Å²) in [5.74, 6) is 1.00. The minimum absolute atomic E-state index is 0.0312. The second kappa shape index (κ2) is 9.79. The van der Waals surface area contributed by atoms with Gasteiger partial charge in [-0.25, -0.2) is 0 Å². The summed E-state index contributed by atoms with van der Waals surface area (Å²) in [7, 11) is 0. The molecule has 2 aliphatic heterocycles. The van der Waals surface area contributed by atoms with Crippen molar-refractivity contribution in [1.82, 2.24) is 10.2 Å². The van der Waals surface area contributed by atoms with Crippen LogP contribution in [0.25, 0.3) is 0 Å². The number of rotatable bonds is 8. The number of carbonyl (C=O) groups is 1. The maximum atomic E-state index is 12.6. The van der Waals surface area contributed by atoms with Gasteiger partial charge in [-0.1, -0.05) is 42.5 Å². The molecule has 1 N–H and O–H groups in total. The van der Waals surface area contributed by atoms with E-state index in [2.05, 4.69) is 45.4 Å². The summed E-state index contributed by atoms with van der Waals surface area (Å²) in [6.07, 6.45) is 4.09. The first kappa shape index (κ1) is 19.8. The third-order valence-corrected chi connectivity index (χ3v) is 5.84. The van der Waals surface area contributed by atoms with Crippen molar-refractivity contribution >= 4 is 11.6 Å². The fraction of sp³-hybridized carbons (Fsp3) is 0.458. The Morgan fingerprint density at radius 2 is 1.79 bits per heavy atom. The normalized spacial score (nSPS) is 18.9. The number of anilines is 1. The minimum Gasteiger partial charge on any atom is -0.489 e. The maximum Gasteiger partial charge on any atom is 0.222 e. The van der Waals surface area contributed by atoms with Crippen LogP contribution in [0.1, 0.15) is 31.2 Å². The van der Waals surface area contributed by atoms with Gasteiger partial charge in [-0.05, 0) is 56.6 Å². The van der Waals surface area contributed by atoms with Gasteiger partial charge in [0, 0.05) is 13.1 Å². The summed E-state index contributed by atoms with van der Waals surface area (Å²) in [6.45, 7) is 5.56. The molecule has 154 valence electrons. The molecule has 0 spiro atoms. The van der Waals surface area contributed by atoms with Crippen LogP contribution >= 0.6 is 0 Å². The van der Waals surface area contributed by atoms with E-state index < -0.39 is 0 Å². The lowest BCUT2D eigenvalue weighted by atomic mass is 10.1.